The third kappa shape index (κ3) is 5.59. The Morgan fingerprint density at radius 3 is 2.56 bits per heavy atom. The highest BCUT2D eigenvalue weighted by molar-refractivity contribution is 5.87. The monoisotopic (exact) mass is 677 g/mol. The molecule has 0 N–H and O–H groups in total. The molecule has 0 aliphatic carbocycles. The second-order valence-corrected chi connectivity index (χ2v) is 13.3. The van der Waals surface area contributed by atoms with Crippen molar-refractivity contribution < 1.29 is 33.2 Å². The maximum absolute atomic E-state index is 13.3. The summed E-state index contributed by atoms with van der Waals surface area (Å²) in [5.41, 5.74) is 7.99. The van der Waals surface area contributed by atoms with Crippen LogP contribution in [0.4, 0.5) is 0 Å². The van der Waals surface area contributed by atoms with Gasteiger partial charge in [-0.25, -0.2) is 4.79 Å². The summed E-state index contributed by atoms with van der Waals surface area (Å²) in [6.45, 7) is 10.5. The largest absolute Gasteiger partial charge is 0.489 e. The fourth-order valence-electron chi connectivity index (χ4n) is 8.42. The van der Waals surface area contributed by atoms with Gasteiger partial charge in [0.15, 0.2) is 18.3 Å². The summed E-state index contributed by atoms with van der Waals surface area (Å²) in [4.78, 5) is 17.9. The van der Waals surface area contributed by atoms with Crippen molar-refractivity contribution in [3.63, 3.8) is 0 Å². The van der Waals surface area contributed by atoms with Crippen LogP contribution in [0.3, 0.4) is 0 Å². The average molecular weight is 678 g/mol. The predicted molar refractivity (Wildman–Crippen MR) is 187 cm³/mol. The topological polar surface area (TPSA) is 103 Å². The first kappa shape index (κ1) is 33.7. The highest BCUT2D eigenvalue weighted by atomic mass is 16.7. The molecule has 0 spiro atoms. The molecular formula is C40H43N3O7. The first-order chi connectivity index (χ1) is 24.3. The van der Waals surface area contributed by atoms with Crippen molar-refractivity contribution >= 4 is 12.0 Å². The molecule has 50 heavy (non-hydrogen) atoms. The molecule has 4 aliphatic rings. The molecule has 4 heterocycles. The molecule has 0 aromatic heterocycles. The van der Waals surface area contributed by atoms with Gasteiger partial charge >= 0.3 is 5.97 Å². The minimum Gasteiger partial charge on any atom is -0.489 e. The van der Waals surface area contributed by atoms with Crippen molar-refractivity contribution in [3.8, 4) is 29.1 Å². The van der Waals surface area contributed by atoms with Crippen LogP contribution in [0.1, 0.15) is 56.6 Å². The van der Waals surface area contributed by atoms with Gasteiger partial charge in [0, 0.05) is 47.5 Å². The van der Waals surface area contributed by atoms with Gasteiger partial charge in [-0.1, -0.05) is 49.1 Å². The molecule has 3 aromatic rings. The number of esters is 1. The SMILES string of the molecule is C=CCOc1c(C)c2c(c3c1CC1[C@H]4c5c(cc(C)c(C)c5OCOC)C[C@@H]([C@H](C#N)N1[C@H]3COC(=O)/C=C/c1ccccc1)N4C)OCO2. The van der Waals surface area contributed by atoms with E-state index >= 15 is 0 Å². The van der Waals surface area contributed by atoms with Gasteiger partial charge in [-0.3, -0.25) is 9.80 Å². The first-order valence-corrected chi connectivity index (χ1v) is 17.0. The van der Waals surface area contributed by atoms with Gasteiger partial charge in [-0.05, 0) is 69.0 Å². The van der Waals surface area contributed by atoms with Crippen LogP contribution in [0.15, 0.2) is 55.1 Å². The van der Waals surface area contributed by atoms with Crippen LogP contribution in [0.5, 0.6) is 23.0 Å². The van der Waals surface area contributed by atoms with Crippen LogP contribution in [0.2, 0.25) is 0 Å². The Bertz CT molecular complexity index is 1880. The molecule has 10 heteroatoms. The predicted octanol–water partition coefficient (Wildman–Crippen LogP) is 5.92. The lowest BCUT2D eigenvalue weighted by Crippen LogP contribution is -2.68. The van der Waals surface area contributed by atoms with Crippen molar-refractivity contribution in [3.05, 3.63) is 99.6 Å². The number of rotatable bonds is 10. The van der Waals surface area contributed by atoms with Gasteiger partial charge < -0.3 is 28.4 Å². The van der Waals surface area contributed by atoms with Crippen molar-refractivity contribution in [2.45, 2.75) is 63.8 Å². The van der Waals surface area contributed by atoms with Crippen molar-refractivity contribution in [1.29, 1.82) is 5.26 Å². The number of aryl methyl sites for hydroxylation is 1. The minimum atomic E-state index is -0.528. The Labute approximate surface area is 293 Å². The molecule has 5 atom stereocenters. The average Bonchev–Trinajstić information content (AvgIpc) is 3.61. The summed E-state index contributed by atoms with van der Waals surface area (Å²) in [5, 5.41) is 11.0. The van der Waals surface area contributed by atoms with Crippen LogP contribution in [-0.2, 0) is 27.1 Å². The maximum atomic E-state index is 13.3. The van der Waals surface area contributed by atoms with Crippen LogP contribution < -0.4 is 18.9 Å². The summed E-state index contributed by atoms with van der Waals surface area (Å²) in [5.74, 6) is 2.26. The Kier molecular flexibility index (Phi) is 9.31. The highest BCUT2D eigenvalue weighted by Crippen LogP contribution is 2.58. The molecule has 1 fully saturated rings. The normalized spacial score (nSPS) is 23.4. The standard InChI is InChI=1S/C40H43N3O7/c1-7-15-46-37-25(4)39-40(50-22-49-39)35-28(37)18-30-36-34-27(16-23(2)24(3)38(34)48-21-45-6)17-29(42(36)5)31(19-41)43(30)32(35)20-47-33(44)14-13-26-11-9-8-10-12-26/h7-14,16,29-32,36H,1,15,17-18,20-22H2,2-6H3/b14-13+/t29-,30?,31-,32-,36-/m0/s1. The van der Waals surface area contributed by atoms with Gasteiger partial charge in [0.25, 0.3) is 0 Å². The van der Waals surface area contributed by atoms with E-state index in [0.29, 0.717) is 36.7 Å². The Hall–Kier alpha value is -4.82. The van der Waals surface area contributed by atoms with E-state index in [-0.39, 0.29) is 38.3 Å². The van der Waals surface area contributed by atoms with Crippen LogP contribution >= 0.6 is 0 Å². The summed E-state index contributed by atoms with van der Waals surface area (Å²) in [7, 11) is 3.73. The molecule has 1 saturated heterocycles. The number of hydrogen-bond acceptors (Lipinski definition) is 10. The third-order valence-corrected chi connectivity index (χ3v) is 10.7. The van der Waals surface area contributed by atoms with E-state index in [1.54, 1.807) is 19.3 Å². The molecule has 0 amide bonds. The van der Waals surface area contributed by atoms with Crippen LogP contribution in [0.25, 0.3) is 6.08 Å². The molecule has 1 unspecified atom stereocenters. The summed E-state index contributed by atoms with van der Waals surface area (Å²) < 4.78 is 36.4. The van der Waals surface area contributed by atoms with E-state index in [1.807, 2.05) is 37.3 Å². The van der Waals surface area contributed by atoms with E-state index in [9.17, 15) is 10.1 Å². The van der Waals surface area contributed by atoms with E-state index in [4.69, 9.17) is 28.4 Å². The smallest absolute Gasteiger partial charge is 0.330 e. The second-order valence-electron chi connectivity index (χ2n) is 13.3. The fraction of sp³-hybridized carbons (Fsp3) is 0.400. The quantitative estimate of drug-likeness (QED) is 0.111. The number of benzene rings is 3. The van der Waals surface area contributed by atoms with Crippen LogP contribution in [-0.4, -0.2) is 74.9 Å². The number of hydrogen-bond donors (Lipinski definition) is 0. The number of methoxy groups -OCH3 is 1. The number of piperazine rings is 1. The van der Waals surface area contributed by atoms with Gasteiger partial charge in [0.2, 0.25) is 6.79 Å². The molecule has 2 bridgehead atoms. The molecule has 3 aromatic carbocycles. The highest BCUT2D eigenvalue weighted by Gasteiger charge is 2.57. The summed E-state index contributed by atoms with van der Waals surface area (Å²) in [6, 6.07) is 13.0. The number of carbonyl (C=O) groups excluding carboxylic acids is 1. The van der Waals surface area contributed by atoms with Crippen molar-refractivity contribution in [2.24, 2.45) is 0 Å². The number of nitrogens with zero attached hydrogens (tertiary/aromatic N) is 3. The molecule has 0 radical (unpaired) electrons. The maximum Gasteiger partial charge on any atom is 0.330 e. The number of ether oxygens (including phenoxy) is 6. The molecule has 0 saturated carbocycles. The first-order valence-electron chi connectivity index (χ1n) is 17.0. The third-order valence-electron chi connectivity index (χ3n) is 10.7. The zero-order valence-corrected chi connectivity index (χ0v) is 29.2. The molecule has 7 rings (SSSR count). The van der Waals surface area contributed by atoms with Gasteiger partial charge in [-0.2, -0.15) is 5.26 Å². The summed E-state index contributed by atoms with van der Waals surface area (Å²) >= 11 is 0. The lowest BCUT2D eigenvalue weighted by atomic mass is 9.71. The van der Waals surface area contributed by atoms with Gasteiger partial charge in [-0.15, -0.1) is 0 Å². The summed E-state index contributed by atoms with van der Waals surface area (Å²) in [6.07, 6.45) is 6.10. The zero-order chi connectivity index (χ0) is 35.1. The van der Waals surface area contributed by atoms with E-state index in [2.05, 4.69) is 49.4 Å². The lowest BCUT2D eigenvalue weighted by molar-refractivity contribution is -0.143. The van der Waals surface area contributed by atoms with Crippen molar-refractivity contribution in [2.75, 3.05) is 41.0 Å². The number of nitriles is 1. The number of carbonyl (C=O) groups is 1. The fourth-order valence-corrected chi connectivity index (χ4v) is 8.42. The van der Waals surface area contributed by atoms with Gasteiger partial charge in [0.05, 0.1) is 18.2 Å². The van der Waals surface area contributed by atoms with Crippen molar-refractivity contribution in [1.82, 2.24) is 9.80 Å². The Morgan fingerprint density at radius 2 is 1.82 bits per heavy atom. The molecule has 260 valence electrons. The zero-order valence-electron chi connectivity index (χ0n) is 29.2. The van der Waals surface area contributed by atoms with E-state index in [1.165, 1.54) is 11.6 Å². The molecular weight excluding hydrogens is 634 g/mol. The second kappa shape index (κ2) is 13.8. The molecule has 4 aliphatic heterocycles. The molecule has 10 nitrogen and oxygen atoms in total. The minimum absolute atomic E-state index is 0.00459. The van der Waals surface area contributed by atoms with E-state index < -0.39 is 18.1 Å². The van der Waals surface area contributed by atoms with Crippen LogP contribution in [0, 0.1) is 32.1 Å². The number of likely N-dealkylation sites (N-methyl/N-ethyl adjacent to an activating group) is 1. The van der Waals surface area contributed by atoms with E-state index in [0.717, 1.165) is 44.7 Å². The Balaban J connectivity index is 1.39. The number of fused-ring (bicyclic) bond motifs is 9. The lowest BCUT2D eigenvalue weighted by Gasteiger charge is -2.60. The van der Waals surface area contributed by atoms with Gasteiger partial charge in [0.1, 0.15) is 30.8 Å². The Morgan fingerprint density at radius 1 is 1.04 bits per heavy atom.